The average Bonchev–Trinajstić information content (AvgIpc) is 2.32. The Morgan fingerprint density at radius 3 is 2.87 bits per heavy atom. The van der Waals surface area contributed by atoms with Crippen molar-refractivity contribution in [2.45, 2.75) is 18.8 Å². The summed E-state index contributed by atoms with van der Waals surface area (Å²) in [7, 11) is 0. The lowest BCUT2D eigenvalue weighted by Gasteiger charge is -2.30. The highest BCUT2D eigenvalue weighted by Gasteiger charge is 2.20. The monoisotopic (exact) mass is 204 g/mol. The molecular formula is C11H16N4. The summed E-state index contributed by atoms with van der Waals surface area (Å²) < 4.78 is 0. The van der Waals surface area contributed by atoms with Crippen LogP contribution >= 0.6 is 0 Å². The highest BCUT2D eigenvalue weighted by molar-refractivity contribution is 5.05. The predicted octanol–water partition coefficient (Wildman–Crippen LogP) is 1.24. The standard InChI is InChI=1S/C11H16N4/c1-2-7-15-8-4-10(5-9-15)11-3-6-12-14-13-11/h2-3,6,10H,1,4-5,7-9H2. The first-order chi connectivity index (χ1) is 7.40. The molecule has 0 N–H and O–H groups in total. The van der Waals surface area contributed by atoms with Crippen molar-refractivity contribution in [3.8, 4) is 0 Å². The molecular weight excluding hydrogens is 188 g/mol. The highest BCUT2D eigenvalue weighted by atomic mass is 15.3. The van der Waals surface area contributed by atoms with Crippen molar-refractivity contribution in [3.05, 3.63) is 30.6 Å². The molecule has 15 heavy (non-hydrogen) atoms. The molecule has 0 unspecified atom stereocenters. The van der Waals surface area contributed by atoms with E-state index in [1.165, 1.54) is 0 Å². The Morgan fingerprint density at radius 1 is 1.47 bits per heavy atom. The third-order valence-electron chi connectivity index (χ3n) is 2.92. The molecule has 0 atom stereocenters. The van der Waals surface area contributed by atoms with Crippen LogP contribution in [0.3, 0.4) is 0 Å². The van der Waals surface area contributed by atoms with Crippen molar-refractivity contribution in [2.24, 2.45) is 0 Å². The van der Waals surface area contributed by atoms with Gasteiger partial charge in [0.2, 0.25) is 0 Å². The minimum absolute atomic E-state index is 0.557. The third-order valence-corrected chi connectivity index (χ3v) is 2.92. The molecule has 1 aliphatic rings. The van der Waals surface area contributed by atoms with Crippen molar-refractivity contribution < 1.29 is 0 Å². The molecule has 0 aliphatic carbocycles. The van der Waals surface area contributed by atoms with Gasteiger partial charge in [0, 0.05) is 12.5 Å². The van der Waals surface area contributed by atoms with E-state index < -0.39 is 0 Å². The number of aromatic nitrogens is 3. The Labute approximate surface area is 90.0 Å². The lowest BCUT2D eigenvalue weighted by atomic mass is 9.93. The Kier molecular flexibility index (Phi) is 3.40. The summed E-state index contributed by atoms with van der Waals surface area (Å²) in [5.41, 5.74) is 1.09. The summed E-state index contributed by atoms with van der Waals surface area (Å²) in [6, 6.07) is 1.97. The summed E-state index contributed by atoms with van der Waals surface area (Å²) >= 11 is 0. The third kappa shape index (κ3) is 2.59. The fourth-order valence-corrected chi connectivity index (χ4v) is 2.06. The van der Waals surface area contributed by atoms with Crippen molar-refractivity contribution in [2.75, 3.05) is 19.6 Å². The Bertz CT molecular complexity index is 304. The Morgan fingerprint density at radius 2 is 2.27 bits per heavy atom. The lowest BCUT2D eigenvalue weighted by Crippen LogP contribution is -2.33. The van der Waals surface area contributed by atoms with Crippen LogP contribution in [-0.2, 0) is 0 Å². The smallest absolute Gasteiger partial charge is 0.0696 e. The van der Waals surface area contributed by atoms with Crippen molar-refractivity contribution in [1.82, 2.24) is 20.3 Å². The van der Waals surface area contributed by atoms with Gasteiger partial charge in [-0.1, -0.05) is 6.08 Å². The molecule has 4 heteroatoms. The van der Waals surface area contributed by atoms with Gasteiger partial charge in [0.15, 0.2) is 0 Å². The van der Waals surface area contributed by atoms with Gasteiger partial charge in [-0.05, 0) is 37.2 Å². The quantitative estimate of drug-likeness (QED) is 0.695. The van der Waals surface area contributed by atoms with Crippen LogP contribution in [-0.4, -0.2) is 39.9 Å². The summed E-state index contributed by atoms with van der Waals surface area (Å²) in [6.45, 7) is 7.01. The van der Waals surface area contributed by atoms with Crippen molar-refractivity contribution >= 4 is 0 Å². The van der Waals surface area contributed by atoms with Gasteiger partial charge in [0.05, 0.1) is 11.9 Å². The molecule has 0 radical (unpaired) electrons. The van der Waals surface area contributed by atoms with Crippen molar-refractivity contribution in [3.63, 3.8) is 0 Å². The molecule has 0 amide bonds. The maximum Gasteiger partial charge on any atom is 0.0696 e. The molecule has 2 heterocycles. The minimum atomic E-state index is 0.557. The maximum atomic E-state index is 4.07. The normalized spacial score (nSPS) is 18.9. The topological polar surface area (TPSA) is 41.9 Å². The lowest BCUT2D eigenvalue weighted by molar-refractivity contribution is 0.230. The average molecular weight is 204 g/mol. The first-order valence-electron chi connectivity index (χ1n) is 5.37. The molecule has 4 nitrogen and oxygen atoms in total. The zero-order valence-corrected chi connectivity index (χ0v) is 8.84. The van der Waals surface area contributed by atoms with E-state index in [9.17, 15) is 0 Å². The van der Waals surface area contributed by atoms with Crippen LogP contribution in [0.2, 0.25) is 0 Å². The summed E-state index contributed by atoms with van der Waals surface area (Å²) in [5, 5.41) is 11.5. The van der Waals surface area contributed by atoms with E-state index >= 15 is 0 Å². The molecule has 1 fully saturated rings. The second-order valence-electron chi connectivity index (χ2n) is 3.91. The van der Waals surface area contributed by atoms with Crippen LogP contribution in [0.5, 0.6) is 0 Å². The number of hydrogen-bond donors (Lipinski definition) is 0. The zero-order valence-electron chi connectivity index (χ0n) is 8.84. The van der Waals surface area contributed by atoms with Crippen LogP contribution in [0.15, 0.2) is 24.9 Å². The Hall–Kier alpha value is -1.29. The molecule has 0 bridgehead atoms. The van der Waals surface area contributed by atoms with Gasteiger partial charge in [0.1, 0.15) is 0 Å². The number of rotatable bonds is 3. The van der Waals surface area contributed by atoms with E-state index in [1.54, 1.807) is 6.20 Å². The minimum Gasteiger partial charge on any atom is -0.300 e. The summed E-state index contributed by atoms with van der Waals surface area (Å²) in [5.74, 6) is 0.557. The first-order valence-corrected chi connectivity index (χ1v) is 5.37. The predicted molar refractivity (Wildman–Crippen MR) is 58.4 cm³/mol. The van der Waals surface area contributed by atoms with Crippen molar-refractivity contribution in [1.29, 1.82) is 0 Å². The highest BCUT2D eigenvalue weighted by Crippen LogP contribution is 2.25. The summed E-state index contributed by atoms with van der Waals surface area (Å²) in [4.78, 5) is 2.41. The second-order valence-corrected chi connectivity index (χ2v) is 3.91. The van der Waals surface area contributed by atoms with Gasteiger partial charge in [-0.2, -0.15) is 0 Å². The molecule has 1 aliphatic heterocycles. The fourth-order valence-electron chi connectivity index (χ4n) is 2.06. The molecule has 1 aromatic heterocycles. The molecule has 0 aromatic carbocycles. The molecule has 80 valence electrons. The van der Waals surface area contributed by atoms with Crippen LogP contribution in [0.1, 0.15) is 24.5 Å². The number of hydrogen-bond acceptors (Lipinski definition) is 4. The van der Waals surface area contributed by atoms with E-state index in [-0.39, 0.29) is 0 Å². The van der Waals surface area contributed by atoms with E-state index in [4.69, 9.17) is 0 Å². The van der Waals surface area contributed by atoms with Gasteiger partial charge >= 0.3 is 0 Å². The van der Waals surface area contributed by atoms with Crippen LogP contribution in [0.25, 0.3) is 0 Å². The van der Waals surface area contributed by atoms with Crippen LogP contribution in [0, 0.1) is 0 Å². The van der Waals surface area contributed by atoms with Gasteiger partial charge in [-0.3, -0.25) is 4.90 Å². The number of nitrogens with zero attached hydrogens (tertiary/aromatic N) is 4. The van der Waals surface area contributed by atoms with E-state index in [0.29, 0.717) is 5.92 Å². The SMILES string of the molecule is C=CCN1CCC(c2ccnnn2)CC1. The van der Waals surface area contributed by atoms with Gasteiger partial charge in [0.25, 0.3) is 0 Å². The van der Waals surface area contributed by atoms with E-state index in [1.807, 2.05) is 12.1 Å². The van der Waals surface area contributed by atoms with Crippen LogP contribution in [0.4, 0.5) is 0 Å². The van der Waals surface area contributed by atoms with Crippen LogP contribution < -0.4 is 0 Å². The zero-order chi connectivity index (χ0) is 10.5. The largest absolute Gasteiger partial charge is 0.300 e. The second kappa shape index (κ2) is 4.98. The molecule has 0 saturated carbocycles. The van der Waals surface area contributed by atoms with Gasteiger partial charge in [-0.25, -0.2) is 0 Å². The number of likely N-dealkylation sites (tertiary alicyclic amines) is 1. The molecule has 1 aromatic rings. The Balaban J connectivity index is 1.91. The fraction of sp³-hybridized carbons (Fsp3) is 0.545. The number of piperidine rings is 1. The van der Waals surface area contributed by atoms with Gasteiger partial charge < -0.3 is 0 Å². The van der Waals surface area contributed by atoms with Gasteiger partial charge in [-0.15, -0.1) is 16.8 Å². The first kappa shape index (κ1) is 10.2. The summed E-state index contributed by atoms with van der Waals surface area (Å²) in [6.07, 6.45) is 6.00. The van der Waals surface area contributed by atoms with E-state index in [2.05, 4.69) is 26.9 Å². The van der Waals surface area contributed by atoms with E-state index in [0.717, 1.165) is 38.2 Å². The molecule has 1 saturated heterocycles. The molecule has 0 spiro atoms. The maximum absolute atomic E-state index is 4.07. The molecule has 2 rings (SSSR count).